The van der Waals surface area contributed by atoms with Crippen LogP contribution in [-0.4, -0.2) is 47.6 Å². The lowest BCUT2D eigenvalue weighted by atomic mass is 10.2. The average Bonchev–Trinajstić information content (AvgIpc) is 3.60. The number of para-hydroxylation sites is 1. The van der Waals surface area contributed by atoms with Crippen molar-refractivity contribution in [2.45, 2.75) is 0 Å². The van der Waals surface area contributed by atoms with Gasteiger partial charge in [-0.25, -0.2) is 4.98 Å². The highest BCUT2D eigenvalue weighted by atomic mass is 16.7. The molecular weight excluding hydrogens is 488 g/mol. The van der Waals surface area contributed by atoms with E-state index in [0.717, 1.165) is 11.4 Å². The molecule has 0 amide bonds. The Morgan fingerprint density at radius 2 is 1.55 bits per heavy atom. The summed E-state index contributed by atoms with van der Waals surface area (Å²) in [4.78, 5) is 14.2. The van der Waals surface area contributed by atoms with Gasteiger partial charge in [0, 0.05) is 35.3 Å². The summed E-state index contributed by atoms with van der Waals surface area (Å²) in [5.74, 6) is 3.70. The zero-order chi connectivity index (χ0) is 26.1. The number of fused-ring (bicyclic) bond motifs is 2. The molecule has 192 valence electrons. The lowest BCUT2D eigenvalue weighted by Gasteiger charge is -2.15. The predicted molar refractivity (Wildman–Crippen MR) is 142 cm³/mol. The third kappa shape index (κ3) is 4.19. The van der Waals surface area contributed by atoms with Crippen molar-refractivity contribution in [3.63, 3.8) is 0 Å². The van der Waals surface area contributed by atoms with Crippen molar-refractivity contribution in [1.29, 1.82) is 0 Å². The van der Waals surface area contributed by atoms with Gasteiger partial charge < -0.3 is 34.3 Å². The standard InChI is InChI=1S/C27H24N6O5/c1-34-21-12-17(13-22(35-2)24(21)36-3)30-27-31-25(29-16-9-10-19-20(11-16)38-15-37-19)23-26(32-27)33(14-28-23)18-7-5-4-6-8-18/h4-14H,15H2,1-3H3,(H2,29,30,31,32). The number of benzene rings is 3. The summed E-state index contributed by atoms with van der Waals surface area (Å²) in [6.45, 7) is 0.195. The first-order valence-electron chi connectivity index (χ1n) is 11.7. The third-order valence-corrected chi connectivity index (χ3v) is 5.99. The van der Waals surface area contributed by atoms with Gasteiger partial charge in [0.25, 0.3) is 0 Å². The summed E-state index contributed by atoms with van der Waals surface area (Å²) in [7, 11) is 4.69. The van der Waals surface area contributed by atoms with Crippen molar-refractivity contribution >= 4 is 34.3 Å². The van der Waals surface area contributed by atoms with Gasteiger partial charge in [0.05, 0.1) is 21.3 Å². The molecule has 0 spiro atoms. The Hall–Kier alpha value is -5.19. The molecule has 11 nitrogen and oxygen atoms in total. The molecule has 0 saturated carbocycles. The molecule has 3 aromatic carbocycles. The van der Waals surface area contributed by atoms with E-state index in [-0.39, 0.29) is 6.79 Å². The van der Waals surface area contributed by atoms with Crippen LogP contribution in [0.4, 0.5) is 23.1 Å². The Morgan fingerprint density at radius 3 is 2.29 bits per heavy atom. The fourth-order valence-corrected chi connectivity index (χ4v) is 4.21. The molecule has 0 bridgehead atoms. The van der Waals surface area contributed by atoms with Gasteiger partial charge in [-0.05, 0) is 24.3 Å². The largest absolute Gasteiger partial charge is 0.493 e. The number of anilines is 4. The highest BCUT2D eigenvalue weighted by molar-refractivity contribution is 5.88. The molecule has 0 radical (unpaired) electrons. The number of hydrogen-bond acceptors (Lipinski definition) is 10. The first-order valence-corrected chi connectivity index (χ1v) is 11.7. The topological polar surface area (TPSA) is 114 Å². The van der Waals surface area contributed by atoms with Gasteiger partial charge in [0.15, 0.2) is 40.0 Å². The van der Waals surface area contributed by atoms with Gasteiger partial charge in [-0.2, -0.15) is 9.97 Å². The molecule has 2 aromatic heterocycles. The normalized spacial score (nSPS) is 11.9. The van der Waals surface area contributed by atoms with Gasteiger partial charge in [0.1, 0.15) is 6.33 Å². The Balaban J connectivity index is 1.45. The molecule has 11 heteroatoms. The quantitative estimate of drug-likeness (QED) is 0.292. The van der Waals surface area contributed by atoms with Crippen LogP contribution in [0.25, 0.3) is 16.9 Å². The minimum absolute atomic E-state index is 0.195. The maximum atomic E-state index is 5.53. The molecule has 2 N–H and O–H groups in total. The molecule has 3 heterocycles. The zero-order valence-corrected chi connectivity index (χ0v) is 20.9. The highest BCUT2D eigenvalue weighted by Gasteiger charge is 2.19. The molecule has 1 aliphatic heterocycles. The summed E-state index contributed by atoms with van der Waals surface area (Å²) in [6.07, 6.45) is 1.72. The van der Waals surface area contributed by atoms with E-state index >= 15 is 0 Å². The SMILES string of the molecule is COc1cc(Nc2nc(Nc3ccc4c(c3)OCO4)c3ncn(-c4ccccc4)c3n2)cc(OC)c1OC. The van der Waals surface area contributed by atoms with Crippen molar-refractivity contribution in [2.24, 2.45) is 0 Å². The number of nitrogens with one attached hydrogen (secondary N) is 2. The number of hydrogen-bond donors (Lipinski definition) is 2. The molecule has 38 heavy (non-hydrogen) atoms. The van der Waals surface area contributed by atoms with Crippen LogP contribution >= 0.6 is 0 Å². The van der Waals surface area contributed by atoms with E-state index in [0.29, 0.717) is 57.4 Å². The van der Waals surface area contributed by atoms with E-state index < -0.39 is 0 Å². The summed E-state index contributed by atoms with van der Waals surface area (Å²) in [6, 6.07) is 19.0. The van der Waals surface area contributed by atoms with Crippen molar-refractivity contribution < 1.29 is 23.7 Å². The van der Waals surface area contributed by atoms with Gasteiger partial charge in [-0.15, -0.1) is 0 Å². The van der Waals surface area contributed by atoms with Gasteiger partial charge in [0.2, 0.25) is 18.5 Å². The number of nitrogens with zero attached hydrogens (tertiary/aromatic N) is 4. The van der Waals surface area contributed by atoms with E-state index in [2.05, 4.69) is 15.6 Å². The summed E-state index contributed by atoms with van der Waals surface area (Å²) in [5.41, 5.74) is 3.55. The second kappa shape index (κ2) is 9.69. The maximum Gasteiger partial charge on any atom is 0.231 e. The Bertz CT molecular complexity index is 1600. The summed E-state index contributed by atoms with van der Waals surface area (Å²) < 4.78 is 29.3. The van der Waals surface area contributed by atoms with E-state index in [1.807, 2.05) is 53.1 Å². The smallest absolute Gasteiger partial charge is 0.231 e. The first kappa shape index (κ1) is 23.2. The second-order valence-electron chi connectivity index (χ2n) is 8.25. The van der Waals surface area contributed by atoms with Gasteiger partial charge in [-0.1, -0.05) is 18.2 Å². The van der Waals surface area contributed by atoms with Crippen LogP contribution in [0.2, 0.25) is 0 Å². The molecule has 0 aliphatic carbocycles. The fraction of sp³-hybridized carbons (Fsp3) is 0.148. The van der Waals surface area contributed by atoms with Crippen molar-refractivity contribution in [3.8, 4) is 34.4 Å². The van der Waals surface area contributed by atoms with E-state index in [1.165, 1.54) is 0 Å². The van der Waals surface area contributed by atoms with Crippen LogP contribution in [0.3, 0.4) is 0 Å². The third-order valence-electron chi connectivity index (χ3n) is 5.99. The van der Waals surface area contributed by atoms with Gasteiger partial charge >= 0.3 is 0 Å². The minimum atomic E-state index is 0.195. The molecule has 0 atom stereocenters. The average molecular weight is 513 g/mol. The maximum absolute atomic E-state index is 5.53. The molecular formula is C27H24N6O5. The summed E-state index contributed by atoms with van der Waals surface area (Å²) >= 11 is 0. The number of ether oxygens (including phenoxy) is 5. The number of aromatic nitrogens is 4. The second-order valence-corrected chi connectivity index (χ2v) is 8.25. The van der Waals surface area contributed by atoms with Crippen LogP contribution in [0.1, 0.15) is 0 Å². The monoisotopic (exact) mass is 512 g/mol. The van der Waals surface area contributed by atoms with Gasteiger partial charge in [-0.3, -0.25) is 4.57 Å². The van der Waals surface area contributed by atoms with Crippen molar-refractivity contribution in [3.05, 3.63) is 67.0 Å². The number of rotatable bonds is 8. The van der Waals surface area contributed by atoms with Crippen LogP contribution in [0.5, 0.6) is 28.7 Å². The molecule has 1 aliphatic rings. The van der Waals surface area contributed by atoms with Crippen LogP contribution in [0.15, 0.2) is 67.0 Å². The van der Waals surface area contributed by atoms with Crippen LogP contribution < -0.4 is 34.3 Å². The number of methoxy groups -OCH3 is 3. The molecule has 0 unspecified atom stereocenters. The minimum Gasteiger partial charge on any atom is -0.493 e. The molecule has 0 fully saturated rings. The van der Waals surface area contributed by atoms with E-state index in [1.54, 1.807) is 39.8 Å². The zero-order valence-electron chi connectivity index (χ0n) is 20.9. The lowest BCUT2D eigenvalue weighted by molar-refractivity contribution is 0.174. The Labute approximate surface area is 217 Å². The Kier molecular flexibility index (Phi) is 5.92. The molecule has 6 rings (SSSR count). The number of imidazole rings is 1. The Morgan fingerprint density at radius 1 is 0.789 bits per heavy atom. The van der Waals surface area contributed by atoms with Crippen molar-refractivity contribution in [2.75, 3.05) is 38.8 Å². The fourth-order valence-electron chi connectivity index (χ4n) is 4.21. The lowest BCUT2D eigenvalue weighted by Crippen LogP contribution is -2.05. The van der Waals surface area contributed by atoms with E-state index in [9.17, 15) is 0 Å². The first-order chi connectivity index (χ1) is 18.7. The van der Waals surface area contributed by atoms with Crippen LogP contribution in [-0.2, 0) is 0 Å². The molecule has 5 aromatic rings. The summed E-state index contributed by atoms with van der Waals surface area (Å²) in [5, 5.41) is 6.63. The predicted octanol–water partition coefficient (Wildman–Crippen LogP) is 5.06. The van der Waals surface area contributed by atoms with E-state index in [4.69, 9.17) is 33.7 Å². The molecule has 0 saturated heterocycles. The van der Waals surface area contributed by atoms with Crippen LogP contribution in [0, 0.1) is 0 Å². The van der Waals surface area contributed by atoms with Crippen molar-refractivity contribution in [1.82, 2.24) is 19.5 Å². The highest BCUT2D eigenvalue weighted by Crippen LogP contribution is 2.41.